The van der Waals surface area contributed by atoms with Gasteiger partial charge < -0.3 is 19.6 Å². The molecule has 0 aliphatic carbocycles. The van der Waals surface area contributed by atoms with Crippen LogP contribution in [0, 0.1) is 6.92 Å². The molecule has 0 radical (unpaired) electrons. The van der Waals surface area contributed by atoms with Gasteiger partial charge in [0.15, 0.2) is 11.5 Å². The number of hydrogen-bond acceptors (Lipinski definition) is 6. The highest BCUT2D eigenvalue weighted by Crippen LogP contribution is 2.37. The number of nitrogens with zero attached hydrogens (tertiary/aromatic N) is 2. The van der Waals surface area contributed by atoms with Crippen molar-refractivity contribution >= 4 is 34.1 Å². The van der Waals surface area contributed by atoms with Gasteiger partial charge in [0.25, 0.3) is 0 Å². The molecular formula is C19H18BrN3O3. The summed E-state index contributed by atoms with van der Waals surface area (Å²) in [6.07, 6.45) is 3.50. The lowest BCUT2D eigenvalue weighted by Crippen LogP contribution is -2.00. The van der Waals surface area contributed by atoms with Crippen molar-refractivity contribution in [2.75, 3.05) is 12.8 Å². The third kappa shape index (κ3) is 4.23. The van der Waals surface area contributed by atoms with E-state index in [1.807, 2.05) is 36.4 Å². The Bertz CT molecular complexity index is 938. The third-order valence-electron chi connectivity index (χ3n) is 3.76. The molecule has 0 saturated heterocycles. The van der Waals surface area contributed by atoms with Crippen LogP contribution in [-0.2, 0) is 6.61 Å². The highest BCUT2D eigenvalue weighted by atomic mass is 79.9. The molecule has 1 aromatic heterocycles. The van der Waals surface area contributed by atoms with Crippen LogP contribution in [0.4, 0.5) is 6.01 Å². The van der Waals surface area contributed by atoms with Crippen LogP contribution in [0.5, 0.6) is 11.5 Å². The summed E-state index contributed by atoms with van der Waals surface area (Å²) in [6, 6.07) is 11.9. The van der Waals surface area contributed by atoms with E-state index in [0.717, 1.165) is 15.6 Å². The predicted molar refractivity (Wildman–Crippen MR) is 104 cm³/mol. The zero-order chi connectivity index (χ0) is 18.5. The van der Waals surface area contributed by atoms with E-state index < -0.39 is 0 Å². The van der Waals surface area contributed by atoms with Gasteiger partial charge in [-0.15, -0.1) is 5.10 Å². The molecule has 0 unspecified atom stereocenters. The van der Waals surface area contributed by atoms with Gasteiger partial charge in [-0.2, -0.15) is 0 Å². The molecule has 2 N–H and O–H groups in total. The fraction of sp³-hybridized carbons (Fsp3) is 0.158. The van der Waals surface area contributed by atoms with E-state index >= 15 is 0 Å². The second kappa shape index (κ2) is 8.05. The lowest BCUT2D eigenvalue weighted by atomic mass is 10.1. The van der Waals surface area contributed by atoms with Gasteiger partial charge >= 0.3 is 6.01 Å². The first-order valence-corrected chi connectivity index (χ1v) is 8.68. The number of nitrogen functional groups attached to an aromatic ring is 1. The number of aromatic nitrogens is 2. The number of halogens is 1. The fourth-order valence-corrected chi connectivity index (χ4v) is 2.95. The van der Waals surface area contributed by atoms with Crippen molar-refractivity contribution < 1.29 is 13.9 Å². The summed E-state index contributed by atoms with van der Waals surface area (Å²) < 4.78 is 17.4. The Morgan fingerprint density at radius 1 is 1.19 bits per heavy atom. The van der Waals surface area contributed by atoms with Gasteiger partial charge in [-0.25, -0.2) is 0 Å². The standard InChI is InChI=1S/C19H18BrN3O3/c1-12-5-3-4-6-14(12)11-25-18-15(20)9-13(10-16(18)24-2)7-8-17-22-23-19(21)26-17/h3-10H,11H2,1-2H3,(H2,21,23)/b8-7+. The van der Waals surface area contributed by atoms with Crippen molar-refractivity contribution in [3.8, 4) is 11.5 Å². The van der Waals surface area contributed by atoms with Gasteiger partial charge in [0.05, 0.1) is 11.6 Å². The molecule has 7 heteroatoms. The van der Waals surface area contributed by atoms with Crippen LogP contribution in [0.1, 0.15) is 22.6 Å². The maximum Gasteiger partial charge on any atom is 0.313 e. The normalized spacial score (nSPS) is 11.0. The number of aryl methyl sites for hydroxylation is 1. The monoisotopic (exact) mass is 415 g/mol. The predicted octanol–water partition coefficient (Wildman–Crippen LogP) is 4.48. The van der Waals surface area contributed by atoms with Gasteiger partial charge in [0.1, 0.15) is 6.61 Å². The maximum absolute atomic E-state index is 5.99. The van der Waals surface area contributed by atoms with Crippen molar-refractivity contribution in [1.82, 2.24) is 10.2 Å². The molecule has 2 aromatic carbocycles. The van der Waals surface area contributed by atoms with E-state index in [1.54, 1.807) is 13.2 Å². The number of rotatable bonds is 6. The fourth-order valence-electron chi connectivity index (χ4n) is 2.38. The van der Waals surface area contributed by atoms with E-state index in [0.29, 0.717) is 24.0 Å². The largest absolute Gasteiger partial charge is 0.493 e. The number of hydrogen-bond donors (Lipinski definition) is 1. The molecule has 0 aliphatic rings. The van der Waals surface area contributed by atoms with Crippen LogP contribution in [0.25, 0.3) is 12.2 Å². The molecule has 0 spiro atoms. The summed E-state index contributed by atoms with van der Waals surface area (Å²) in [5.41, 5.74) is 8.60. The molecule has 0 saturated carbocycles. The highest BCUT2D eigenvalue weighted by Gasteiger charge is 2.12. The molecular weight excluding hydrogens is 398 g/mol. The average molecular weight is 416 g/mol. The van der Waals surface area contributed by atoms with Crippen LogP contribution >= 0.6 is 15.9 Å². The Kier molecular flexibility index (Phi) is 5.58. The SMILES string of the molecule is COc1cc(/C=C/c2nnc(N)o2)cc(Br)c1OCc1ccccc1C. The first-order valence-electron chi connectivity index (χ1n) is 7.88. The number of benzene rings is 2. The number of ether oxygens (including phenoxy) is 2. The van der Waals surface area contributed by atoms with Crippen LogP contribution in [-0.4, -0.2) is 17.3 Å². The Balaban J connectivity index is 1.81. The second-order valence-corrected chi connectivity index (χ2v) is 6.42. The lowest BCUT2D eigenvalue weighted by molar-refractivity contribution is 0.282. The number of nitrogens with two attached hydrogens (primary N) is 1. The van der Waals surface area contributed by atoms with Crippen molar-refractivity contribution in [2.45, 2.75) is 13.5 Å². The topological polar surface area (TPSA) is 83.4 Å². The van der Waals surface area contributed by atoms with Gasteiger partial charge in [0, 0.05) is 6.08 Å². The number of anilines is 1. The van der Waals surface area contributed by atoms with E-state index in [-0.39, 0.29) is 6.01 Å². The third-order valence-corrected chi connectivity index (χ3v) is 4.35. The summed E-state index contributed by atoms with van der Waals surface area (Å²) in [5.74, 6) is 1.60. The van der Waals surface area contributed by atoms with Crippen LogP contribution in [0.2, 0.25) is 0 Å². The quantitative estimate of drug-likeness (QED) is 0.638. The Morgan fingerprint density at radius 2 is 2.00 bits per heavy atom. The van der Waals surface area contributed by atoms with Crippen molar-refractivity contribution in [3.05, 3.63) is 63.5 Å². The number of methoxy groups -OCH3 is 1. The zero-order valence-electron chi connectivity index (χ0n) is 14.4. The van der Waals surface area contributed by atoms with E-state index in [9.17, 15) is 0 Å². The molecule has 0 fully saturated rings. The molecule has 0 atom stereocenters. The minimum absolute atomic E-state index is 0.0309. The lowest BCUT2D eigenvalue weighted by Gasteiger charge is -2.14. The molecule has 6 nitrogen and oxygen atoms in total. The summed E-state index contributed by atoms with van der Waals surface area (Å²) in [7, 11) is 1.61. The van der Waals surface area contributed by atoms with Gasteiger partial charge in [-0.1, -0.05) is 29.4 Å². The summed E-state index contributed by atoms with van der Waals surface area (Å²) in [4.78, 5) is 0. The van der Waals surface area contributed by atoms with Gasteiger partial charge in [-0.3, -0.25) is 0 Å². The van der Waals surface area contributed by atoms with Crippen molar-refractivity contribution in [3.63, 3.8) is 0 Å². The minimum atomic E-state index is 0.0309. The minimum Gasteiger partial charge on any atom is -0.493 e. The van der Waals surface area contributed by atoms with Crippen LogP contribution in [0.3, 0.4) is 0 Å². The first kappa shape index (κ1) is 18.0. The van der Waals surface area contributed by atoms with Crippen LogP contribution in [0.15, 0.2) is 45.3 Å². The van der Waals surface area contributed by atoms with Crippen LogP contribution < -0.4 is 15.2 Å². The molecule has 3 aromatic rings. The van der Waals surface area contributed by atoms with Gasteiger partial charge in [-0.05, 0) is 57.8 Å². The second-order valence-electron chi connectivity index (χ2n) is 5.56. The molecule has 0 bridgehead atoms. The highest BCUT2D eigenvalue weighted by molar-refractivity contribution is 9.10. The Labute approximate surface area is 159 Å². The molecule has 0 aliphatic heterocycles. The van der Waals surface area contributed by atoms with Crippen molar-refractivity contribution in [1.29, 1.82) is 0 Å². The Hall–Kier alpha value is -2.80. The molecule has 134 valence electrons. The maximum atomic E-state index is 5.99. The van der Waals surface area contributed by atoms with Gasteiger partial charge in [0.2, 0.25) is 5.89 Å². The summed E-state index contributed by atoms with van der Waals surface area (Å²) in [5, 5.41) is 7.40. The molecule has 26 heavy (non-hydrogen) atoms. The summed E-state index contributed by atoms with van der Waals surface area (Å²) >= 11 is 3.55. The zero-order valence-corrected chi connectivity index (χ0v) is 16.0. The van der Waals surface area contributed by atoms with E-state index in [1.165, 1.54) is 5.56 Å². The smallest absolute Gasteiger partial charge is 0.313 e. The van der Waals surface area contributed by atoms with E-state index in [2.05, 4.69) is 39.1 Å². The summed E-state index contributed by atoms with van der Waals surface area (Å²) in [6.45, 7) is 2.52. The molecule has 0 amide bonds. The van der Waals surface area contributed by atoms with E-state index in [4.69, 9.17) is 19.6 Å². The van der Waals surface area contributed by atoms with Crippen molar-refractivity contribution in [2.24, 2.45) is 0 Å². The average Bonchev–Trinajstić information content (AvgIpc) is 3.05. The first-order chi connectivity index (χ1) is 12.6. The molecule has 1 heterocycles. The Morgan fingerprint density at radius 3 is 2.69 bits per heavy atom. The molecule has 3 rings (SSSR count).